The summed E-state index contributed by atoms with van der Waals surface area (Å²) in [7, 11) is 0. The Morgan fingerprint density at radius 1 is 1.08 bits per heavy atom. The van der Waals surface area contributed by atoms with Gasteiger partial charge < -0.3 is 0 Å². The van der Waals surface area contributed by atoms with Gasteiger partial charge in [0.2, 0.25) is 0 Å². The Morgan fingerprint density at radius 3 is 2.38 bits per heavy atom. The van der Waals surface area contributed by atoms with Crippen molar-refractivity contribution in [3.8, 4) is 0 Å². The summed E-state index contributed by atoms with van der Waals surface area (Å²) in [5.41, 5.74) is 0.887. The van der Waals surface area contributed by atoms with Crippen molar-refractivity contribution in [3.63, 3.8) is 0 Å². The van der Waals surface area contributed by atoms with Crippen molar-refractivity contribution in [2.24, 2.45) is 0 Å². The van der Waals surface area contributed by atoms with Crippen molar-refractivity contribution in [2.45, 2.75) is 0 Å². The van der Waals surface area contributed by atoms with Crippen LogP contribution in [0.3, 0.4) is 0 Å². The maximum atomic E-state index is 11.1. The Hall–Kier alpha value is -0.563. The number of hydrogen-bond donors (Lipinski definition) is 1. The van der Waals surface area contributed by atoms with Crippen LogP contribution in [0.4, 0.5) is 0 Å². The zero-order chi connectivity index (χ0) is 8.72. The minimum absolute atomic E-state index is 0. The van der Waals surface area contributed by atoms with Crippen LogP contribution in [0.25, 0.3) is 0 Å². The van der Waals surface area contributed by atoms with E-state index in [9.17, 15) is 9.59 Å². The van der Waals surface area contributed by atoms with Gasteiger partial charge in [-0.3, -0.25) is 14.9 Å². The normalized spacial score (nSPS) is 13.3. The van der Waals surface area contributed by atoms with Gasteiger partial charge in [0.05, 0.1) is 11.1 Å². The second-order valence-corrected chi connectivity index (χ2v) is 3.39. The molecule has 0 spiro atoms. The van der Waals surface area contributed by atoms with Crippen LogP contribution in [-0.2, 0) is 0 Å². The molecule has 0 bridgehead atoms. The molecule has 0 saturated heterocycles. The van der Waals surface area contributed by atoms with Crippen LogP contribution in [0.15, 0.2) is 22.7 Å². The zero-order valence-corrected chi connectivity index (χ0v) is 7.51. The molecule has 0 atom stereocenters. The Labute approximate surface area is 95.2 Å². The fraction of sp³-hybridized carbons (Fsp3) is 0. The van der Waals surface area contributed by atoms with Gasteiger partial charge in [-0.05, 0) is 18.2 Å². The van der Waals surface area contributed by atoms with Crippen LogP contribution in [0.2, 0.25) is 0 Å². The number of carbonyl (C=O) groups excluding carboxylic acids is 2. The number of benzene rings is 1. The molecule has 62 valence electrons. The van der Waals surface area contributed by atoms with Crippen LogP contribution < -0.4 is 5.32 Å². The van der Waals surface area contributed by atoms with Gasteiger partial charge in [0.1, 0.15) is 0 Å². The molecular formula is C8H5BrLiNO2. The molecule has 13 heavy (non-hydrogen) atoms. The standard InChI is InChI=1S/C8H4BrNO2.Li.H/c9-4-1-2-5-6(3-4)8(12)10-7(5)11;;/h1-3H,(H,10,11,12);;. The van der Waals surface area contributed by atoms with E-state index in [1.54, 1.807) is 18.2 Å². The van der Waals surface area contributed by atoms with E-state index in [0.29, 0.717) is 11.1 Å². The molecule has 1 N–H and O–H groups in total. The average Bonchev–Trinajstić information content (AvgIpc) is 2.28. The molecule has 1 heterocycles. The molecule has 0 fully saturated rings. The summed E-state index contributed by atoms with van der Waals surface area (Å²) in [4.78, 5) is 22.1. The second-order valence-electron chi connectivity index (χ2n) is 2.47. The first-order valence-corrected chi connectivity index (χ1v) is 4.13. The van der Waals surface area contributed by atoms with Gasteiger partial charge in [0.15, 0.2) is 0 Å². The molecule has 0 aromatic heterocycles. The van der Waals surface area contributed by atoms with Crippen LogP contribution in [0.1, 0.15) is 20.7 Å². The summed E-state index contributed by atoms with van der Waals surface area (Å²) in [5, 5.41) is 2.21. The molecule has 0 radical (unpaired) electrons. The quantitative estimate of drug-likeness (QED) is 0.530. The van der Waals surface area contributed by atoms with Crippen molar-refractivity contribution in [1.82, 2.24) is 5.32 Å². The van der Waals surface area contributed by atoms with E-state index in [0.717, 1.165) is 4.47 Å². The molecule has 1 aromatic rings. The Bertz CT molecular complexity index is 392. The molecule has 1 aliphatic rings. The first-order chi connectivity index (χ1) is 5.68. The van der Waals surface area contributed by atoms with Crippen molar-refractivity contribution < 1.29 is 9.59 Å². The van der Waals surface area contributed by atoms with Crippen molar-refractivity contribution in [1.29, 1.82) is 0 Å². The summed E-state index contributed by atoms with van der Waals surface area (Å²) < 4.78 is 0.797. The van der Waals surface area contributed by atoms with Gasteiger partial charge >= 0.3 is 18.9 Å². The average molecular weight is 234 g/mol. The van der Waals surface area contributed by atoms with E-state index in [1.807, 2.05) is 0 Å². The monoisotopic (exact) mass is 233 g/mol. The summed E-state index contributed by atoms with van der Waals surface area (Å²) in [6.45, 7) is 0. The molecule has 0 unspecified atom stereocenters. The second kappa shape index (κ2) is 3.67. The van der Waals surface area contributed by atoms with Gasteiger partial charge in [0.25, 0.3) is 11.8 Å². The Morgan fingerprint density at radius 2 is 1.69 bits per heavy atom. The summed E-state index contributed by atoms with van der Waals surface area (Å²) in [6.07, 6.45) is 0. The number of amides is 2. The third-order valence-electron chi connectivity index (χ3n) is 1.70. The Balaban J connectivity index is 0.000000845. The predicted octanol–water partition coefficient (Wildman–Crippen LogP) is 0.684. The van der Waals surface area contributed by atoms with Gasteiger partial charge in [0, 0.05) is 4.47 Å². The van der Waals surface area contributed by atoms with Crippen LogP contribution >= 0.6 is 15.9 Å². The number of imide groups is 1. The predicted molar refractivity (Wildman–Crippen MR) is 53.1 cm³/mol. The number of rotatable bonds is 0. The third kappa shape index (κ3) is 1.71. The van der Waals surface area contributed by atoms with E-state index in [1.165, 1.54) is 0 Å². The SMILES string of the molecule is O=C1NC(=O)c2cc(Br)ccc21.[LiH]. The van der Waals surface area contributed by atoms with E-state index in [-0.39, 0.29) is 30.7 Å². The molecule has 0 saturated carbocycles. The number of nitrogens with one attached hydrogen (secondary N) is 1. The van der Waals surface area contributed by atoms with E-state index in [2.05, 4.69) is 21.2 Å². The fourth-order valence-corrected chi connectivity index (χ4v) is 1.50. The third-order valence-corrected chi connectivity index (χ3v) is 2.19. The molecule has 3 nitrogen and oxygen atoms in total. The summed E-state index contributed by atoms with van der Waals surface area (Å²) in [5.74, 6) is -0.640. The van der Waals surface area contributed by atoms with Crippen LogP contribution in [0, 0.1) is 0 Å². The zero-order valence-electron chi connectivity index (χ0n) is 5.93. The molecule has 1 aromatic carbocycles. The minimum atomic E-state index is -0.323. The van der Waals surface area contributed by atoms with E-state index < -0.39 is 0 Å². The molecule has 2 amide bonds. The first-order valence-electron chi connectivity index (χ1n) is 3.34. The van der Waals surface area contributed by atoms with Crippen molar-refractivity contribution in [3.05, 3.63) is 33.8 Å². The molecule has 0 aliphatic carbocycles. The van der Waals surface area contributed by atoms with E-state index in [4.69, 9.17) is 0 Å². The fourth-order valence-electron chi connectivity index (χ4n) is 1.14. The number of halogens is 1. The maximum absolute atomic E-state index is 11.1. The first kappa shape index (κ1) is 10.5. The molecular weight excluding hydrogens is 229 g/mol. The molecule has 5 heteroatoms. The summed E-state index contributed by atoms with van der Waals surface area (Å²) in [6, 6.07) is 4.99. The van der Waals surface area contributed by atoms with Crippen LogP contribution in [-0.4, -0.2) is 30.7 Å². The van der Waals surface area contributed by atoms with Gasteiger partial charge in [-0.1, -0.05) is 15.9 Å². The Kier molecular flexibility index (Phi) is 2.97. The summed E-state index contributed by atoms with van der Waals surface area (Å²) >= 11 is 3.22. The van der Waals surface area contributed by atoms with Gasteiger partial charge in [-0.15, -0.1) is 0 Å². The topological polar surface area (TPSA) is 46.2 Å². The van der Waals surface area contributed by atoms with E-state index >= 15 is 0 Å². The van der Waals surface area contributed by atoms with Gasteiger partial charge in [-0.25, -0.2) is 0 Å². The van der Waals surface area contributed by atoms with Crippen molar-refractivity contribution in [2.75, 3.05) is 0 Å². The van der Waals surface area contributed by atoms with Crippen LogP contribution in [0.5, 0.6) is 0 Å². The van der Waals surface area contributed by atoms with Gasteiger partial charge in [-0.2, -0.15) is 0 Å². The number of fused-ring (bicyclic) bond motifs is 1. The van der Waals surface area contributed by atoms with Crippen molar-refractivity contribution >= 4 is 46.6 Å². The number of carbonyl (C=O) groups is 2. The number of hydrogen-bond acceptors (Lipinski definition) is 2. The molecule has 2 rings (SSSR count). The molecule has 1 aliphatic heterocycles.